The molecule has 0 aromatic heterocycles. The molecule has 0 aliphatic carbocycles. The van der Waals surface area contributed by atoms with Crippen LogP contribution in [0, 0.1) is 0 Å². The highest BCUT2D eigenvalue weighted by Gasteiger charge is 2.33. The lowest BCUT2D eigenvalue weighted by Crippen LogP contribution is -2.33. The van der Waals surface area contributed by atoms with Crippen molar-refractivity contribution >= 4 is 11.8 Å². The highest BCUT2D eigenvalue weighted by Crippen LogP contribution is 2.54. The topological polar surface area (TPSA) is 62.2 Å². The van der Waals surface area contributed by atoms with E-state index < -0.39 is 0 Å². The van der Waals surface area contributed by atoms with Crippen LogP contribution >= 0.6 is 11.8 Å². The SMILES string of the molecule is Oc1ccc([C@H]2Sc3cc(O)ccc3O[C@@H]2c2ccc(OCCN3CCCCC3)cc2)cc1. The van der Waals surface area contributed by atoms with E-state index in [1.54, 1.807) is 36.0 Å². The summed E-state index contributed by atoms with van der Waals surface area (Å²) in [4.78, 5) is 3.38. The molecule has 0 bridgehead atoms. The van der Waals surface area contributed by atoms with Gasteiger partial charge in [0.2, 0.25) is 0 Å². The Morgan fingerprint density at radius 1 is 0.848 bits per heavy atom. The lowest BCUT2D eigenvalue weighted by molar-refractivity contribution is 0.182. The Kier molecular flexibility index (Phi) is 6.65. The molecule has 1 saturated heterocycles. The summed E-state index contributed by atoms with van der Waals surface area (Å²) in [5, 5.41) is 19.6. The normalized spacial score (nSPS) is 20.6. The molecule has 2 heterocycles. The number of nitrogens with zero attached hydrogens (tertiary/aromatic N) is 1. The number of thioether (sulfide) groups is 1. The third-order valence-electron chi connectivity index (χ3n) is 6.27. The summed E-state index contributed by atoms with van der Waals surface area (Å²) >= 11 is 1.66. The Morgan fingerprint density at radius 3 is 2.30 bits per heavy atom. The number of benzene rings is 3. The second kappa shape index (κ2) is 9.98. The van der Waals surface area contributed by atoms with Crippen LogP contribution in [0.4, 0.5) is 0 Å². The number of fused-ring (bicyclic) bond motifs is 1. The zero-order chi connectivity index (χ0) is 22.6. The largest absolute Gasteiger partial charge is 0.508 e. The molecule has 33 heavy (non-hydrogen) atoms. The number of piperidine rings is 1. The lowest BCUT2D eigenvalue weighted by atomic mass is 10.00. The second-order valence-electron chi connectivity index (χ2n) is 8.62. The van der Waals surface area contributed by atoms with E-state index in [1.807, 2.05) is 30.3 Å². The predicted molar refractivity (Wildman–Crippen MR) is 130 cm³/mol. The minimum Gasteiger partial charge on any atom is -0.508 e. The molecule has 0 radical (unpaired) electrons. The van der Waals surface area contributed by atoms with Gasteiger partial charge in [-0.05, 0) is 79.5 Å². The van der Waals surface area contributed by atoms with Crippen molar-refractivity contribution in [3.63, 3.8) is 0 Å². The third kappa shape index (κ3) is 5.23. The standard InChI is InChI=1S/C27H29NO4S/c29-21-8-4-20(5-9-21)27-26(32-24-13-10-22(30)18-25(24)33-27)19-6-11-23(12-7-19)31-17-16-28-14-2-1-3-15-28/h4-13,18,26-27,29-30H,1-3,14-17H2/t26-,27-/m1/s1. The zero-order valence-corrected chi connectivity index (χ0v) is 19.3. The number of ether oxygens (including phenoxy) is 2. The molecular weight excluding hydrogens is 434 g/mol. The smallest absolute Gasteiger partial charge is 0.140 e. The number of hydrogen-bond acceptors (Lipinski definition) is 6. The van der Waals surface area contributed by atoms with Gasteiger partial charge in [-0.3, -0.25) is 4.90 Å². The van der Waals surface area contributed by atoms with E-state index >= 15 is 0 Å². The van der Waals surface area contributed by atoms with Crippen molar-refractivity contribution in [2.45, 2.75) is 35.5 Å². The van der Waals surface area contributed by atoms with Crippen LogP contribution < -0.4 is 9.47 Å². The molecule has 0 amide bonds. The van der Waals surface area contributed by atoms with Crippen molar-refractivity contribution in [3.05, 3.63) is 77.9 Å². The van der Waals surface area contributed by atoms with E-state index in [9.17, 15) is 10.2 Å². The molecule has 2 atom stereocenters. The fourth-order valence-electron chi connectivity index (χ4n) is 4.46. The van der Waals surface area contributed by atoms with E-state index in [1.165, 1.54) is 32.4 Å². The van der Waals surface area contributed by atoms with Gasteiger partial charge >= 0.3 is 0 Å². The first kappa shape index (κ1) is 22.0. The van der Waals surface area contributed by atoms with Crippen LogP contribution in [0.1, 0.15) is 41.7 Å². The third-order valence-corrected chi connectivity index (χ3v) is 7.61. The van der Waals surface area contributed by atoms with Crippen molar-refractivity contribution in [3.8, 4) is 23.0 Å². The Hall–Kier alpha value is -2.83. The maximum atomic E-state index is 9.93. The number of likely N-dealkylation sites (tertiary alicyclic amines) is 1. The second-order valence-corrected chi connectivity index (χ2v) is 9.80. The molecule has 5 rings (SSSR count). The van der Waals surface area contributed by atoms with Crippen molar-refractivity contribution in [1.82, 2.24) is 4.90 Å². The molecule has 1 fully saturated rings. The summed E-state index contributed by atoms with van der Waals surface area (Å²) in [7, 11) is 0. The summed E-state index contributed by atoms with van der Waals surface area (Å²) in [6.45, 7) is 4.02. The molecule has 0 spiro atoms. The quantitative estimate of drug-likeness (QED) is 0.472. The van der Waals surface area contributed by atoms with Crippen LogP contribution in [0.2, 0.25) is 0 Å². The molecular formula is C27H29NO4S. The predicted octanol–water partition coefficient (Wildman–Crippen LogP) is 5.93. The molecule has 172 valence electrons. The molecule has 2 aliphatic heterocycles. The van der Waals surface area contributed by atoms with Gasteiger partial charge in [0, 0.05) is 6.54 Å². The summed E-state index contributed by atoms with van der Waals surface area (Å²) in [5.74, 6) is 2.09. The summed E-state index contributed by atoms with van der Waals surface area (Å²) < 4.78 is 12.4. The van der Waals surface area contributed by atoms with E-state index in [0.717, 1.165) is 34.1 Å². The first-order valence-electron chi connectivity index (χ1n) is 11.6. The van der Waals surface area contributed by atoms with Crippen LogP contribution in [0.3, 0.4) is 0 Å². The van der Waals surface area contributed by atoms with Crippen LogP contribution in [0.25, 0.3) is 0 Å². The first-order chi connectivity index (χ1) is 16.2. The van der Waals surface area contributed by atoms with Crippen molar-refractivity contribution < 1.29 is 19.7 Å². The highest BCUT2D eigenvalue weighted by atomic mass is 32.2. The van der Waals surface area contributed by atoms with E-state index in [2.05, 4.69) is 17.0 Å². The molecule has 0 unspecified atom stereocenters. The van der Waals surface area contributed by atoms with Gasteiger partial charge in [-0.25, -0.2) is 0 Å². The number of hydrogen-bond donors (Lipinski definition) is 2. The maximum Gasteiger partial charge on any atom is 0.140 e. The average molecular weight is 464 g/mol. The molecule has 6 heteroatoms. The van der Waals surface area contributed by atoms with E-state index in [0.29, 0.717) is 6.61 Å². The van der Waals surface area contributed by atoms with Crippen LogP contribution in [0.15, 0.2) is 71.6 Å². The van der Waals surface area contributed by atoms with Gasteiger partial charge in [-0.2, -0.15) is 0 Å². The number of aromatic hydroxyl groups is 2. The summed E-state index contributed by atoms with van der Waals surface area (Å²) in [5.41, 5.74) is 2.11. The van der Waals surface area contributed by atoms with Gasteiger partial charge in [0.1, 0.15) is 35.7 Å². The van der Waals surface area contributed by atoms with E-state index in [4.69, 9.17) is 9.47 Å². The summed E-state index contributed by atoms with van der Waals surface area (Å²) in [6, 6.07) is 20.6. The van der Waals surface area contributed by atoms with Crippen molar-refractivity contribution in [1.29, 1.82) is 0 Å². The molecule has 0 saturated carbocycles. The minimum atomic E-state index is -0.209. The Labute approximate surface area is 199 Å². The average Bonchev–Trinajstić information content (AvgIpc) is 2.85. The monoisotopic (exact) mass is 463 g/mol. The Balaban J connectivity index is 1.32. The highest BCUT2D eigenvalue weighted by molar-refractivity contribution is 7.99. The molecule has 2 aliphatic rings. The summed E-state index contributed by atoms with van der Waals surface area (Å²) in [6.07, 6.45) is 3.72. The number of phenolic OH excluding ortho intramolecular Hbond substituents is 2. The molecule has 2 N–H and O–H groups in total. The Morgan fingerprint density at radius 2 is 1.55 bits per heavy atom. The first-order valence-corrected chi connectivity index (χ1v) is 12.4. The number of rotatable bonds is 6. The van der Waals surface area contributed by atoms with Gasteiger partial charge in [0.15, 0.2) is 0 Å². The van der Waals surface area contributed by atoms with Crippen molar-refractivity contribution in [2.24, 2.45) is 0 Å². The van der Waals surface area contributed by atoms with Crippen LogP contribution in [-0.4, -0.2) is 41.4 Å². The molecule has 3 aromatic carbocycles. The zero-order valence-electron chi connectivity index (χ0n) is 18.5. The fraction of sp³-hybridized carbons (Fsp3) is 0.333. The Bertz CT molecular complexity index is 1060. The van der Waals surface area contributed by atoms with Crippen molar-refractivity contribution in [2.75, 3.05) is 26.2 Å². The number of phenols is 2. The van der Waals surface area contributed by atoms with Crippen LogP contribution in [0.5, 0.6) is 23.0 Å². The molecule has 3 aromatic rings. The van der Waals surface area contributed by atoms with Gasteiger partial charge in [-0.1, -0.05) is 30.7 Å². The van der Waals surface area contributed by atoms with Gasteiger partial charge in [-0.15, -0.1) is 11.8 Å². The van der Waals surface area contributed by atoms with Gasteiger partial charge in [0.05, 0.1) is 10.1 Å². The maximum absolute atomic E-state index is 9.93. The van der Waals surface area contributed by atoms with Gasteiger partial charge in [0.25, 0.3) is 0 Å². The van der Waals surface area contributed by atoms with Crippen LogP contribution in [-0.2, 0) is 0 Å². The molecule has 5 nitrogen and oxygen atoms in total. The van der Waals surface area contributed by atoms with Gasteiger partial charge < -0.3 is 19.7 Å². The van der Waals surface area contributed by atoms with E-state index in [-0.39, 0.29) is 22.9 Å². The minimum absolute atomic E-state index is 0.0224. The lowest BCUT2D eigenvalue weighted by Gasteiger charge is -2.34. The fourth-order valence-corrected chi connectivity index (χ4v) is 5.79.